The number of anilines is 7. The van der Waals surface area contributed by atoms with Gasteiger partial charge in [-0.1, -0.05) is 127 Å². The Labute approximate surface area is 473 Å². The van der Waals surface area contributed by atoms with Gasteiger partial charge in [0.05, 0.1) is 50.0 Å². The van der Waals surface area contributed by atoms with Gasteiger partial charge >= 0.3 is 0 Å². The van der Waals surface area contributed by atoms with E-state index in [2.05, 4.69) is 278 Å². The van der Waals surface area contributed by atoms with Crippen molar-refractivity contribution >= 4 is 111 Å². The van der Waals surface area contributed by atoms with Gasteiger partial charge in [-0.2, -0.15) is 0 Å². The van der Waals surface area contributed by atoms with Gasteiger partial charge in [0.15, 0.2) is 0 Å². The number of para-hydroxylation sites is 6. The highest BCUT2D eigenvalue weighted by Crippen LogP contribution is 2.43. The number of nitrogens with one attached hydrogen (secondary N) is 1. The zero-order valence-corrected chi connectivity index (χ0v) is 44.5. The average molecular weight is 1050 g/mol. The maximum Gasteiger partial charge on any atom is 0.0973 e. The molecular weight excluding hydrogens is 1000 g/mol. The van der Waals surface area contributed by atoms with Crippen LogP contribution < -0.4 is 15.1 Å². The van der Waals surface area contributed by atoms with Gasteiger partial charge in [0, 0.05) is 102 Å². The van der Waals surface area contributed by atoms with Crippen LogP contribution in [0.15, 0.2) is 279 Å². The van der Waals surface area contributed by atoms with Crippen molar-refractivity contribution in [3.05, 3.63) is 285 Å². The largest absolute Gasteiger partial charge is 0.381 e. The van der Waals surface area contributed by atoms with E-state index in [1.165, 1.54) is 43.6 Å². The number of nitrogens with zero attached hydrogens (tertiary/aromatic N) is 7. The molecule has 1 N–H and O–H groups in total. The van der Waals surface area contributed by atoms with Gasteiger partial charge in [-0.25, -0.2) is 9.97 Å². The maximum absolute atomic E-state index is 5.38. The topological polar surface area (TPSA) is 67.0 Å². The standard InChI is InChI=1S/C74H50N8/c1-7-21-69-61(15-1)62-16-2-8-22-70(62)81(69)57-37-33-55(34-38-57)79(59-41-43-65-51(47-59)13-11-45-75-65)53-29-25-49(26-30-53)73-74(78-68-20-6-5-19-67(68)77-73)50-27-31-54(32-28-50)80(60-42-44-66-52(48-60)14-12-46-76-66)56-35-39-58(40-36-56)82-71-23-9-3-17-63(71)64-18-4-10-24-72(64)82/h1-45,47-48,76H,46H2. The Bertz CT molecular complexity index is 4870. The Morgan fingerprint density at radius 1 is 0.354 bits per heavy atom. The van der Waals surface area contributed by atoms with Crippen LogP contribution in [-0.4, -0.2) is 30.6 Å². The third-order valence-electron chi connectivity index (χ3n) is 16.1. The number of benzene rings is 11. The second-order valence-electron chi connectivity index (χ2n) is 20.9. The molecule has 8 heteroatoms. The molecular formula is C74H50N8. The fourth-order valence-electron chi connectivity index (χ4n) is 12.3. The van der Waals surface area contributed by atoms with Crippen LogP contribution in [0.1, 0.15) is 5.56 Å². The van der Waals surface area contributed by atoms with Crippen molar-refractivity contribution in [3.63, 3.8) is 0 Å². The van der Waals surface area contributed by atoms with E-state index in [9.17, 15) is 0 Å². The van der Waals surface area contributed by atoms with E-state index < -0.39 is 0 Å². The molecule has 0 aliphatic carbocycles. The molecule has 8 nitrogen and oxygen atoms in total. The molecule has 16 rings (SSSR count). The molecule has 0 spiro atoms. The van der Waals surface area contributed by atoms with Crippen molar-refractivity contribution in [3.8, 4) is 33.9 Å². The van der Waals surface area contributed by atoms with E-state index in [1.54, 1.807) is 0 Å². The number of hydrogen-bond donors (Lipinski definition) is 1. The summed E-state index contributed by atoms with van der Waals surface area (Å²) in [4.78, 5) is 20.1. The van der Waals surface area contributed by atoms with Gasteiger partial charge in [-0.15, -0.1) is 0 Å². The van der Waals surface area contributed by atoms with Crippen molar-refractivity contribution in [2.75, 3.05) is 21.7 Å². The predicted octanol–water partition coefficient (Wildman–Crippen LogP) is 19.1. The SMILES string of the molecule is C1=Cc2cc(N(c3ccc(-c4nc5ccccc5nc4-c4ccc(N(c5ccc(-n6c7ccccc7c7ccccc76)cc5)c5ccc6ncccc6c5)cc4)cc3)c3ccc(-n4c5ccccc5c5ccccc54)cc3)ccc2NC1. The lowest BCUT2D eigenvalue weighted by Crippen LogP contribution is -2.12. The molecule has 0 bridgehead atoms. The molecule has 0 saturated heterocycles. The quantitative estimate of drug-likeness (QED) is 0.147. The number of hydrogen-bond acceptors (Lipinski definition) is 6. The van der Waals surface area contributed by atoms with Gasteiger partial charge in [0.1, 0.15) is 0 Å². The molecule has 0 saturated carbocycles. The third kappa shape index (κ3) is 7.95. The molecule has 0 unspecified atom stereocenters. The maximum atomic E-state index is 5.38. The second kappa shape index (κ2) is 19.4. The molecule has 5 heterocycles. The smallest absolute Gasteiger partial charge is 0.0973 e. The van der Waals surface area contributed by atoms with E-state index in [-0.39, 0.29) is 0 Å². The molecule has 82 heavy (non-hydrogen) atoms. The highest BCUT2D eigenvalue weighted by molar-refractivity contribution is 6.10. The summed E-state index contributed by atoms with van der Waals surface area (Å²) < 4.78 is 4.72. The number of pyridine rings is 1. The Kier molecular flexibility index (Phi) is 11.1. The van der Waals surface area contributed by atoms with E-state index in [4.69, 9.17) is 9.97 Å². The summed E-state index contributed by atoms with van der Waals surface area (Å²) in [7, 11) is 0. The minimum Gasteiger partial charge on any atom is -0.381 e. The summed E-state index contributed by atoms with van der Waals surface area (Å²) in [6.07, 6.45) is 6.23. The fourth-order valence-corrected chi connectivity index (χ4v) is 12.3. The van der Waals surface area contributed by atoms with Crippen molar-refractivity contribution in [1.29, 1.82) is 0 Å². The number of aromatic nitrogens is 5. The van der Waals surface area contributed by atoms with Gasteiger partial charge < -0.3 is 24.3 Å². The Balaban J connectivity index is 0.774. The molecule has 15 aromatic rings. The zero-order chi connectivity index (χ0) is 54.1. The summed E-state index contributed by atoms with van der Waals surface area (Å²) in [5.41, 5.74) is 21.6. The minimum atomic E-state index is 0.809. The van der Waals surface area contributed by atoms with Crippen LogP contribution in [0.3, 0.4) is 0 Å². The highest BCUT2D eigenvalue weighted by atomic mass is 15.2. The molecule has 11 aromatic carbocycles. The van der Waals surface area contributed by atoms with Crippen molar-refractivity contribution in [1.82, 2.24) is 24.1 Å². The van der Waals surface area contributed by atoms with Crippen molar-refractivity contribution in [2.24, 2.45) is 0 Å². The van der Waals surface area contributed by atoms with Crippen LogP contribution in [0.25, 0.3) is 106 Å². The van der Waals surface area contributed by atoms with Gasteiger partial charge in [-0.3, -0.25) is 4.98 Å². The Hall–Kier alpha value is -11.1. The predicted molar refractivity (Wildman–Crippen MR) is 341 cm³/mol. The first-order valence-corrected chi connectivity index (χ1v) is 27.8. The summed E-state index contributed by atoms with van der Waals surface area (Å²) >= 11 is 0. The van der Waals surface area contributed by atoms with Crippen LogP contribution in [0.5, 0.6) is 0 Å². The van der Waals surface area contributed by atoms with Crippen LogP contribution in [0.4, 0.5) is 39.8 Å². The first-order valence-electron chi connectivity index (χ1n) is 27.8. The first-order chi connectivity index (χ1) is 40.6. The second-order valence-corrected chi connectivity index (χ2v) is 20.9. The summed E-state index contributed by atoms with van der Waals surface area (Å²) in [5.74, 6) is 0. The lowest BCUT2D eigenvalue weighted by Gasteiger charge is -2.27. The van der Waals surface area contributed by atoms with Crippen LogP contribution in [0.2, 0.25) is 0 Å². The summed E-state index contributed by atoms with van der Waals surface area (Å²) in [6.45, 7) is 0.813. The lowest BCUT2D eigenvalue weighted by atomic mass is 10.0. The Morgan fingerprint density at radius 2 is 0.768 bits per heavy atom. The Morgan fingerprint density at radius 3 is 1.26 bits per heavy atom. The van der Waals surface area contributed by atoms with Crippen LogP contribution >= 0.6 is 0 Å². The molecule has 1 aliphatic heterocycles. The van der Waals surface area contributed by atoms with Crippen molar-refractivity contribution in [2.45, 2.75) is 0 Å². The minimum absolute atomic E-state index is 0.809. The zero-order valence-electron chi connectivity index (χ0n) is 44.5. The fraction of sp³-hybridized carbons (Fsp3) is 0.0135. The van der Waals surface area contributed by atoms with Crippen LogP contribution in [0, 0.1) is 0 Å². The normalized spacial score (nSPS) is 12.1. The molecule has 0 atom stereocenters. The summed E-state index contributed by atoms with van der Waals surface area (Å²) in [6, 6.07) is 95.4. The van der Waals surface area contributed by atoms with E-state index in [1.807, 2.05) is 36.5 Å². The lowest BCUT2D eigenvalue weighted by molar-refractivity contribution is 1.17. The molecule has 4 aromatic heterocycles. The summed E-state index contributed by atoms with van der Waals surface area (Å²) in [5, 5.41) is 9.57. The van der Waals surface area contributed by atoms with E-state index in [0.717, 1.165) is 108 Å². The first kappa shape index (κ1) is 47.0. The molecule has 386 valence electrons. The van der Waals surface area contributed by atoms with Crippen LogP contribution in [-0.2, 0) is 0 Å². The van der Waals surface area contributed by atoms with E-state index >= 15 is 0 Å². The van der Waals surface area contributed by atoms with E-state index in [0.29, 0.717) is 0 Å². The van der Waals surface area contributed by atoms with Gasteiger partial charge in [0.2, 0.25) is 0 Å². The highest BCUT2D eigenvalue weighted by Gasteiger charge is 2.21. The third-order valence-corrected chi connectivity index (χ3v) is 16.1. The molecule has 0 radical (unpaired) electrons. The number of fused-ring (bicyclic) bond motifs is 9. The van der Waals surface area contributed by atoms with Gasteiger partial charge in [-0.05, 0) is 157 Å². The average Bonchev–Trinajstić information content (AvgIpc) is 4.27. The molecule has 1 aliphatic rings. The monoisotopic (exact) mass is 1050 g/mol. The van der Waals surface area contributed by atoms with Gasteiger partial charge in [0.25, 0.3) is 0 Å². The molecule has 0 fully saturated rings. The molecule has 0 amide bonds. The number of rotatable bonds is 10. The van der Waals surface area contributed by atoms with Crippen molar-refractivity contribution < 1.29 is 0 Å².